The highest BCUT2D eigenvalue weighted by molar-refractivity contribution is 5.91. The number of carbonyl (C=O) groups excluding carboxylic acids is 1. The molecule has 1 aromatic carbocycles. The molecule has 0 atom stereocenters. The van der Waals surface area contributed by atoms with Gasteiger partial charge in [-0.15, -0.1) is 0 Å². The third kappa shape index (κ3) is 1.68. The first-order valence-electron chi connectivity index (χ1n) is 6.97. The molecule has 4 rings (SSSR count). The van der Waals surface area contributed by atoms with Gasteiger partial charge in [0.1, 0.15) is 5.75 Å². The zero-order valence-corrected chi connectivity index (χ0v) is 10.8. The van der Waals surface area contributed by atoms with Crippen LogP contribution in [0.15, 0.2) is 30.3 Å². The van der Waals surface area contributed by atoms with Gasteiger partial charge in [-0.05, 0) is 48.4 Å². The Morgan fingerprint density at radius 3 is 2.84 bits per heavy atom. The van der Waals surface area contributed by atoms with Crippen molar-refractivity contribution in [2.45, 2.75) is 19.3 Å². The normalized spacial score (nSPS) is 31.5. The molecular formula is C16H17NO2. The van der Waals surface area contributed by atoms with Gasteiger partial charge in [0.05, 0.1) is 5.41 Å². The van der Waals surface area contributed by atoms with E-state index in [0.29, 0.717) is 18.4 Å². The Hall–Kier alpha value is -1.77. The number of hydrogen-bond acceptors (Lipinski definition) is 2. The van der Waals surface area contributed by atoms with Crippen LogP contribution in [0.25, 0.3) is 5.57 Å². The van der Waals surface area contributed by atoms with Crippen molar-refractivity contribution in [1.29, 1.82) is 0 Å². The van der Waals surface area contributed by atoms with E-state index in [1.807, 2.05) is 17.0 Å². The number of phenolic OH excluding ortho intramolecular Hbond substituents is 1. The quantitative estimate of drug-likeness (QED) is 0.881. The van der Waals surface area contributed by atoms with Crippen molar-refractivity contribution < 1.29 is 9.90 Å². The van der Waals surface area contributed by atoms with Crippen LogP contribution < -0.4 is 0 Å². The smallest absolute Gasteiger partial charge is 0.229 e. The second kappa shape index (κ2) is 3.62. The molecule has 0 spiro atoms. The van der Waals surface area contributed by atoms with Gasteiger partial charge >= 0.3 is 0 Å². The Kier molecular flexibility index (Phi) is 2.12. The Labute approximate surface area is 112 Å². The molecular weight excluding hydrogens is 238 g/mol. The largest absolute Gasteiger partial charge is 0.508 e. The summed E-state index contributed by atoms with van der Waals surface area (Å²) in [4.78, 5) is 14.4. The standard InChI is InChI=1S/C16H17NO2/c18-14-5-1-3-11(7-14)12-4-2-6-17(10-12)15(19)16-8-13(16)9-16/h1,3-5,7,13,18H,2,6,8-10H2. The van der Waals surface area contributed by atoms with Gasteiger partial charge in [-0.3, -0.25) is 4.79 Å². The molecule has 1 aliphatic heterocycles. The molecule has 1 N–H and O–H groups in total. The van der Waals surface area contributed by atoms with Gasteiger partial charge in [-0.25, -0.2) is 0 Å². The lowest BCUT2D eigenvalue weighted by molar-refractivity contribution is -0.134. The van der Waals surface area contributed by atoms with E-state index in [0.717, 1.165) is 36.9 Å². The summed E-state index contributed by atoms with van der Waals surface area (Å²) in [6.45, 7) is 1.53. The van der Waals surface area contributed by atoms with Gasteiger partial charge in [0.25, 0.3) is 0 Å². The molecule has 2 saturated carbocycles. The molecule has 3 nitrogen and oxygen atoms in total. The highest BCUT2D eigenvalue weighted by Crippen LogP contribution is 2.76. The number of carbonyl (C=O) groups is 1. The van der Waals surface area contributed by atoms with Crippen LogP contribution in [0.3, 0.4) is 0 Å². The van der Waals surface area contributed by atoms with Crippen LogP contribution in [0.1, 0.15) is 24.8 Å². The zero-order chi connectivity index (χ0) is 13.0. The second-order valence-electron chi connectivity index (χ2n) is 6.06. The first-order valence-corrected chi connectivity index (χ1v) is 6.97. The molecule has 0 bridgehead atoms. The van der Waals surface area contributed by atoms with Crippen molar-refractivity contribution in [3.63, 3.8) is 0 Å². The van der Waals surface area contributed by atoms with Crippen molar-refractivity contribution in [1.82, 2.24) is 4.90 Å². The average molecular weight is 255 g/mol. The van der Waals surface area contributed by atoms with Crippen molar-refractivity contribution >= 4 is 11.5 Å². The van der Waals surface area contributed by atoms with E-state index in [2.05, 4.69) is 6.08 Å². The molecule has 1 aromatic rings. The molecule has 0 radical (unpaired) electrons. The summed E-state index contributed by atoms with van der Waals surface area (Å²) in [5, 5.41) is 9.56. The van der Waals surface area contributed by atoms with Gasteiger partial charge in [-0.2, -0.15) is 0 Å². The van der Waals surface area contributed by atoms with E-state index in [1.165, 1.54) is 0 Å². The topological polar surface area (TPSA) is 40.5 Å². The Morgan fingerprint density at radius 1 is 1.37 bits per heavy atom. The van der Waals surface area contributed by atoms with Crippen LogP contribution in [-0.4, -0.2) is 29.0 Å². The SMILES string of the molecule is O=C(N1CCC=C(c2cccc(O)c2)C1)C12CC1C2. The van der Waals surface area contributed by atoms with Gasteiger partial charge in [0, 0.05) is 13.1 Å². The minimum Gasteiger partial charge on any atom is -0.508 e. The van der Waals surface area contributed by atoms with E-state index >= 15 is 0 Å². The van der Waals surface area contributed by atoms with Crippen molar-refractivity contribution in [3.05, 3.63) is 35.9 Å². The molecule has 0 unspecified atom stereocenters. The van der Waals surface area contributed by atoms with Gasteiger partial charge in [0.2, 0.25) is 5.91 Å². The molecule has 3 heteroatoms. The number of hydrogen-bond donors (Lipinski definition) is 1. The van der Waals surface area contributed by atoms with Crippen molar-refractivity contribution in [2.24, 2.45) is 11.3 Å². The molecule has 0 aromatic heterocycles. The van der Waals surface area contributed by atoms with Gasteiger partial charge in [-0.1, -0.05) is 18.2 Å². The monoisotopic (exact) mass is 255 g/mol. The molecule has 1 heterocycles. The third-order valence-electron chi connectivity index (χ3n) is 4.76. The highest BCUT2D eigenvalue weighted by atomic mass is 16.3. The molecule has 0 saturated heterocycles. The highest BCUT2D eigenvalue weighted by Gasteiger charge is 2.75. The minimum absolute atomic E-state index is 0.0707. The van der Waals surface area contributed by atoms with Crippen LogP contribution in [0.5, 0.6) is 5.75 Å². The number of phenols is 1. The summed E-state index contributed by atoms with van der Waals surface area (Å²) in [5.41, 5.74) is 2.25. The summed E-state index contributed by atoms with van der Waals surface area (Å²) >= 11 is 0. The van der Waals surface area contributed by atoms with Gasteiger partial charge < -0.3 is 10.0 Å². The predicted octanol–water partition coefficient (Wildman–Crippen LogP) is 2.42. The van der Waals surface area contributed by atoms with Crippen molar-refractivity contribution in [2.75, 3.05) is 13.1 Å². The molecule has 98 valence electrons. The van der Waals surface area contributed by atoms with Crippen LogP contribution in [0.4, 0.5) is 0 Å². The lowest BCUT2D eigenvalue weighted by Gasteiger charge is -2.29. The fourth-order valence-electron chi connectivity index (χ4n) is 3.20. The van der Waals surface area contributed by atoms with E-state index in [-0.39, 0.29) is 11.2 Å². The maximum atomic E-state index is 12.4. The maximum absolute atomic E-state index is 12.4. The summed E-state index contributed by atoms with van der Waals surface area (Å²) in [6.07, 6.45) is 5.34. The van der Waals surface area contributed by atoms with Crippen LogP contribution >= 0.6 is 0 Å². The zero-order valence-electron chi connectivity index (χ0n) is 10.8. The Morgan fingerprint density at radius 2 is 2.16 bits per heavy atom. The first kappa shape index (κ1) is 11.1. The Balaban J connectivity index is 1.54. The predicted molar refractivity (Wildman–Crippen MR) is 72.4 cm³/mol. The minimum atomic E-state index is 0.0707. The van der Waals surface area contributed by atoms with E-state index in [9.17, 15) is 9.90 Å². The third-order valence-corrected chi connectivity index (χ3v) is 4.76. The number of benzene rings is 1. The molecule has 19 heavy (non-hydrogen) atoms. The fourth-order valence-corrected chi connectivity index (χ4v) is 3.20. The number of rotatable bonds is 2. The van der Waals surface area contributed by atoms with Crippen LogP contribution in [0, 0.1) is 11.3 Å². The number of fused-ring (bicyclic) bond motifs is 1. The van der Waals surface area contributed by atoms with Crippen molar-refractivity contribution in [3.8, 4) is 5.75 Å². The molecule has 2 aliphatic carbocycles. The second-order valence-corrected chi connectivity index (χ2v) is 6.06. The molecule has 1 amide bonds. The summed E-state index contributed by atoms with van der Waals surface area (Å²) in [5.74, 6) is 1.35. The first-order chi connectivity index (χ1) is 9.19. The van der Waals surface area contributed by atoms with E-state index in [1.54, 1.807) is 12.1 Å². The number of amides is 1. The maximum Gasteiger partial charge on any atom is 0.229 e. The molecule has 3 aliphatic rings. The summed E-state index contributed by atoms with van der Waals surface area (Å²) in [6, 6.07) is 7.29. The average Bonchev–Trinajstić information content (AvgIpc) is 3.27. The Bertz CT molecular complexity index is 584. The van der Waals surface area contributed by atoms with Gasteiger partial charge in [0.15, 0.2) is 0 Å². The lowest BCUT2D eigenvalue weighted by atomic mass is 10.00. The van der Waals surface area contributed by atoms with Crippen LogP contribution in [0.2, 0.25) is 0 Å². The molecule has 2 fully saturated rings. The van der Waals surface area contributed by atoms with E-state index < -0.39 is 0 Å². The lowest BCUT2D eigenvalue weighted by Crippen LogP contribution is -2.38. The number of aromatic hydroxyl groups is 1. The van der Waals surface area contributed by atoms with E-state index in [4.69, 9.17) is 0 Å². The summed E-state index contributed by atoms with van der Waals surface area (Å²) < 4.78 is 0. The summed E-state index contributed by atoms with van der Waals surface area (Å²) in [7, 11) is 0. The fraction of sp³-hybridized carbons (Fsp3) is 0.438. The number of nitrogens with zero attached hydrogens (tertiary/aromatic N) is 1. The van der Waals surface area contributed by atoms with Crippen LogP contribution in [-0.2, 0) is 4.79 Å².